The zero-order chi connectivity index (χ0) is 29.2. The van der Waals surface area contributed by atoms with Gasteiger partial charge in [0.2, 0.25) is 0 Å². The number of ether oxygens (including phenoxy) is 1. The summed E-state index contributed by atoms with van der Waals surface area (Å²) in [5, 5.41) is 0. The lowest BCUT2D eigenvalue weighted by molar-refractivity contribution is -0.148. The molecule has 0 bridgehead atoms. The highest BCUT2D eigenvalue weighted by Gasteiger charge is 2.42. The summed E-state index contributed by atoms with van der Waals surface area (Å²) in [5.41, 5.74) is -3.88. The fourth-order valence-corrected chi connectivity index (χ4v) is 5.42. The molecule has 216 valence electrons. The Balaban J connectivity index is 1.98. The van der Waals surface area contributed by atoms with E-state index in [9.17, 15) is 44.3 Å². The molecule has 0 radical (unpaired) electrons. The first-order valence-corrected chi connectivity index (χ1v) is 12.2. The average Bonchev–Trinajstić information content (AvgIpc) is 2.85. The third kappa shape index (κ3) is 7.46. The lowest BCUT2D eigenvalue weighted by atomic mass is 9.74. The van der Waals surface area contributed by atoms with Crippen molar-refractivity contribution in [1.82, 2.24) is 4.90 Å². The Morgan fingerprint density at radius 3 is 2.31 bits per heavy atom. The molecular formula is C27H28F9NO2. The van der Waals surface area contributed by atoms with Crippen molar-refractivity contribution >= 4 is 5.97 Å². The third-order valence-electron chi connectivity index (χ3n) is 7.36. The summed E-state index contributed by atoms with van der Waals surface area (Å²) in [7, 11) is 1.21. The van der Waals surface area contributed by atoms with E-state index < -0.39 is 71.2 Å². The Kier molecular flexibility index (Phi) is 9.29. The molecule has 1 aliphatic carbocycles. The predicted octanol–water partition coefficient (Wildman–Crippen LogP) is 7.73. The average molecular weight is 570 g/mol. The lowest BCUT2D eigenvalue weighted by Gasteiger charge is -2.45. The molecule has 12 heteroatoms. The van der Waals surface area contributed by atoms with Crippen molar-refractivity contribution in [2.24, 2.45) is 17.8 Å². The van der Waals surface area contributed by atoms with Gasteiger partial charge in [-0.1, -0.05) is 24.3 Å². The molecule has 1 aliphatic heterocycles. The van der Waals surface area contributed by atoms with Crippen molar-refractivity contribution < 1.29 is 49.0 Å². The number of benzene rings is 1. The standard InChI is InChI=1S/C27H28F9NO2/c1-3-4-21(24(38)39-2)17-11-12-37(23(14-17)16-5-7-19(8-6-16)25(28,29)30)15-18-13-20(26(31,32)33)9-10-22(18)27(34,35)36/h3,5,7-10,13,16-17,21,23H,1,4,6,11-12,14-15H2,2H3/t16?,17-,21?,23+/m0/s1. The van der Waals surface area contributed by atoms with Crippen molar-refractivity contribution in [3.05, 3.63) is 71.3 Å². The maximum Gasteiger partial charge on any atom is 0.416 e. The van der Waals surface area contributed by atoms with Crippen LogP contribution >= 0.6 is 0 Å². The number of rotatable bonds is 7. The predicted molar refractivity (Wildman–Crippen MR) is 125 cm³/mol. The summed E-state index contributed by atoms with van der Waals surface area (Å²) in [4.78, 5) is 14.0. The van der Waals surface area contributed by atoms with Crippen molar-refractivity contribution in [3.8, 4) is 0 Å². The van der Waals surface area contributed by atoms with Crippen LogP contribution < -0.4 is 0 Å². The van der Waals surface area contributed by atoms with Crippen LogP contribution in [0.15, 0.2) is 54.7 Å². The molecule has 3 nitrogen and oxygen atoms in total. The first-order chi connectivity index (χ1) is 18.1. The molecule has 0 aromatic heterocycles. The number of alkyl halides is 9. The monoisotopic (exact) mass is 569 g/mol. The number of esters is 1. The fraction of sp³-hybridized carbons (Fsp3) is 0.519. The molecule has 1 aromatic carbocycles. The minimum Gasteiger partial charge on any atom is -0.469 e. The normalized spacial score (nSPS) is 23.7. The molecule has 3 rings (SSSR count). The van der Waals surface area contributed by atoms with E-state index in [-0.39, 0.29) is 31.7 Å². The van der Waals surface area contributed by atoms with E-state index in [2.05, 4.69) is 6.58 Å². The van der Waals surface area contributed by atoms with E-state index in [4.69, 9.17) is 4.74 Å². The van der Waals surface area contributed by atoms with Gasteiger partial charge in [-0.25, -0.2) is 0 Å². The number of carbonyl (C=O) groups excluding carboxylic acids is 1. The number of allylic oxidation sites excluding steroid dienone is 4. The van der Waals surface area contributed by atoms with Gasteiger partial charge in [-0.05, 0) is 67.8 Å². The van der Waals surface area contributed by atoms with Crippen molar-refractivity contribution in [3.63, 3.8) is 0 Å². The number of piperidine rings is 1. The van der Waals surface area contributed by atoms with E-state index in [0.29, 0.717) is 24.6 Å². The molecular weight excluding hydrogens is 541 g/mol. The van der Waals surface area contributed by atoms with E-state index in [1.54, 1.807) is 4.90 Å². The summed E-state index contributed by atoms with van der Waals surface area (Å²) in [6, 6.07) is 0.605. The van der Waals surface area contributed by atoms with Crippen LogP contribution in [0.1, 0.15) is 42.4 Å². The molecule has 4 atom stereocenters. The molecule has 0 amide bonds. The molecule has 2 aliphatic rings. The van der Waals surface area contributed by atoms with Gasteiger partial charge in [0.25, 0.3) is 0 Å². The lowest BCUT2D eigenvalue weighted by Crippen LogP contribution is -2.48. The number of likely N-dealkylation sites (tertiary alicyclic amines) is 1. The zero-order valence-corrected chi connectivity index (χ0v) is 21.0. The highest BCUT2D eigenvalue weighted by molar-refractivity contribution is 5.72. The molecule has 0 N–H and O–H groups in total. The quantitative estimate of drug-likeness (QED) is 0.191. The van der Waals surface area contributed by atoms with E-state index in [1.165, 1.54) is 19.3 Å². The molecule has 1 aromatic rings. The van der Waals surface area contributed by atoms with Gasteiger partial charge < -0.3 is 4.74 Å². The minimum atomic E-state index is -4.91. The van der Waals surface area contributed by atoms with Crippen LogP contribution in [0.25, 0.3) is 0 Å². The highest BCUT2D eigenvalue weighted by atomic mass is 19.4. The molecule has 0 saturated carbocycles. The van der Waals surface area contributed by atoms with Gasteiger partial charge in [-0.15, -0.1) is 6.58 Å². The number of halogens is 9. The van der Waals surface area contributed by atoms with Crippen LogP contribution in [-0.2, 0) is 28.4 Å². The van der Waals surface area contributed by atoms with E-state index >= 15 is 0 Å². The first-order valence-electron chi connectivity index (χ1n) is 12.2. The molecule has 1 fully saturated rings. The molecule has 39 heavy (non-hydrogen) atoms. The van der Waals surface area contributed by atoms with Crippen LogP contribution in [0, 0.1) is 17.8 Å². The van der Waals surface area contributed by atoms with Gasteiger partial charge in [0, 0.05) is 12.6 Å². The van der Waals surface area contributed by atoms with Crippen molar-refractivity contribution in [2.75, 3.05) is 13.7 Å². The van der Waals surface area contributed by atoms with Crippen molar-refractivity contribution in [2.45, 2.75) is 56.8 Å². The minimum absolute atomic E-state index is 0.0711. The third-order valence-corrected chi connectivity index (χ3v) is 7.36. The Labute approximate surface area is 220 Å². The molecule has 1 heterocycles. The Morgan fingerprint density at radius 1 is 1.10 bits per heavy atom. The highest BCUT2D eigenvalue weighted by Crippen LogP contribution is 2.42. The van der Waals surface area contributed by atoms with Gasteiger partial charge in [-0.2, -0.15) is 39.5 Å². The topological polar surface area (TPSA) is 29.5 Å². The van der Waals surface area contributed by atoms with Crippen LogP contribution in [-0.4, -0.2) is 36.7 Å². The Hall–Kier alpha value is -2.76. The summed E-state index contributed by atoms with van der Waals surface area (Å²) in [6.07, 6.45) is -8.86. The Morgan fingerprint density at radius 2 is 1.79 bits per heavy atom. The van der Waals surface area contributed by atoms with E-state index in [1.807, 2.05) is 0 Å². The second-order valence-corrected chi connectivity index (χ2v) is 9.76. The smallest absolute Gasteiger partial charge is 0.416 e. The number of hydrogen-bond donors (Lipinski definition) is 0. The van der Waals surface area contributed by atoms with Gasteiger partial charge in [0.05, 0.1) is 29.7 Å². The number of hydrogen-bond acceptors (Lipinski definition) is 3. The van der Waals surface area contributed by atoms with Crippen LogP contribution in [0.3, 0.4) is 0 Å². The zero-order valence-electron chi connectivity index (χ0n) is 21.0. The van der Waals surface area contributed by atoms with Gasteiger partial charge in [0.15, 0.2) is 0 Å². The summed E-state index contributed by atoms with van der Waals surface area (Å²) < 4.78 is 126. The molecule has 2 unspecified atom stereocenters. The first kappa shape index (κ1) is 30.8. The number of methoxy groups -OCH3 is 1. The van der Waals surface area contributed by atoms with Crippen LogP contribution in [0.5, 0.6) is 0 Å². The number of carbonyl (C=O) groups is 1. The van der Waals surface area contributed by atoms with Gasteiger partial charge >= 0.3 is 24.5 Å². The fourth-order valence-electron chi connectivity index (χ4n) is 5.42. The second-order valence-electron chi connectivity index (χ2n) is 9.76. The molecule has 0 spiro atoms. The van der Waals surface area contributed by atoms with Crippen LogP contribution in [0.2, 0.25) is 0 Å². The summed E-state index contributed by atoms with van der Waals surface area (Å²) in [5.74, 6) is -2.02. The second kappa shape index (κ2) is 11.8. The summed E-state index contributed by atoms with van der Waals surface area (Å²) >= 11 is 0. The summed E-state index contributed by atoms with van der Waals surface area (Å²) in [6.45, 7) is 3.26. The van der Waals surface area contributed by atoms with Gasteiger partial charge in [0.1, 0.15) is 0 Å². The maximum atomic E-state index is 13.7. The van der Waals surface area contributed by atoms with Gasteiger partial charge in [-0.3, -0.25) is 9.69 Å². The largest absolute Gasteiger partial charge is 0.469 e. The van der Waals surface area contributed by atoms with E-state index in [0.717, 1.165) is 12.2 Å². The maximum absolute atomic E-state index is 13.7. The SMILES string of the molecule is C=CCC(C(=O)OC)[C@H]1CCN(Cc2cc(C(F)(F)F)ccc2C(F)(F)F)[C@@H](C2C=CC(C(F)(F)F)=CC2)C1. The van der Waals surface area contributed by atoms with Crippen molar-refractivity contribution in [1.29, 1.82) is 0 Å². The van der Waals surface area contributed by atoms with Crippen LogP contribution in [0.4, 0.5) is 39.5 Å². The Bertz CT molecular complexity index is 1100. The molecule has 1 saturated heterocycles. The number of nitrogens with zero attached hydrogens (tertiary/aromatic N) is 1.